The van der Waals surface area contributed by atoms with Gasteiger partial charge in [0.15, 0.2) is 0 Å². The minimum Gasteiger partial charge on any atom is -0.508 e. The molecule has 2 aromatic carbocycles. The Morgan fingerprint density at radius 2 is 1.81 bits per heavy atom. The maximum absolute atomic E-state index is 13.1. The van der Waals surface area contributed by atoms with E-state index in [0.29, 0.717) is 35.5 Å². The van der Waals surface area contributed by atoms with Crippen molar-refractivity contribution in [3.05, 3.63) is 63.9 Å². The van der Waals surface area contributed by atoms with E-state index in [2.05, 4.69) is 18.3 Å². The van der Waals surface area contributed by atoms with Crippen LogP contribution < -0.4 is 11.1 Å². The molecule has 7 heteroatoms. The Hall–Kier alpha value is -3.48. The smallest absolute Gasteiger partial charge is 0.306 e. The van der Waals surface area contributed by atoms with E-state index in [9.17, 15) is 19.8 Å². The average molecular weight is 587 g/mol. The largest absolute Gasteiger partial charge is 0.508 e. The van der Waals surface area contributed by atoms with E-state index in [-0.39, 0.29) is 28.8 Å². The number of esters is 1. The van der Waals surface area contributed by atoms with Crippen molar-refractivity contribution in [1.29, 1.82) is 0 Å². The zero-order chi connectivity index (χ0) is 30.3. The molecule has 0 bridgehead atoms. The van der Waals surface area contributed by atoms with Gasteiger partial charge < -0.3 is 26.0 Å². The molecule has 0 aromatic heterocycles. The van der Waals surface area contributed by atoms with Gasteiger partial charge in [0, 0.05) is 23.2 Å². The Kier molecular flexibility index (Phi) is 8.18. The number of hydrogen-bond donors (Lipinski definition) is 4. The Balaban J connectivity index is 1.02. The number of primary amides is 1. The van der Waals surface area contributed by atoms with Crippen LogP contribution in [0.25, 0.3) is 0 Å². The third kappa shape index (κ3) is 5.63. The van der Waals surface area contributed by atoms with Crippen molar-refractivity contribution < 1.29 is 24.5 Å². The number of aromatic hydroxyl groups is 2. The summed E-state index contributed by atoms with van der Waals surface area (Å²) in [5.41, 5.74) is 12.4. The lowest BCUT2D eigenvalue weighted by Gasteiger charge is -2.50. The van der Waals surface area contributed by atoms with Crippen molar-refractivity contribution >= 4 is 17.6 Å². The zero-order valence-corrected chi connectivity index (χ0v) is 25.6. The fraction of sp³-hybridized carbons (Fsp3) is 0.556. The molecule has 6 rings (SSSR count). The Labute approximate surface area is 254 Å². The summed E-state index contributed by atoms with van der Waals surface area (Å²) in [7, 11) is 0. The zero-order valence-electron chi connectivity index (χ0n) is 25.6. The van der Waals surface area contributed by atoms with Gasteiger partial charge in [-0.2, -0.15) is 0 Å². The van der Waals surface area contributed by atoms with Crippen LogP contribution in [0.5, 0.6) is 11.5 Å². The third-order valence-electron chi connectivity index (χ3n) is 11.3. The molecular weight excluding hydrogens is 540 g/mol. The highest BCUT2D eigenvalue weighted by atomic mass is 16.5. The maximum Gasteiger partial charge on any atom is 0.306 e. The van der Waals surface area contributed by atoms with Crippen molar-refractivity contribution in [1.82, 2.24) is 0 Å². The first-order chi connectivity index (χ1) is 20.7. The SMILES string of the molecule is Cc1c(NC(CCCCC(=O)OC2CCC3C4CCc5cc(O)ccc5C4CCC23C)=C2CCC2)ccc(O)c1C(N)=O. The molecule has 0 aliphatic heterocycles. The first kappa shape index (κ1) is 29.6. The topological polar surface area (TPSA) is 122 Å². The van der Waals surface area contributed by atoms with E-state index in [1.165, 1.54) is 29.2 Å². The van der Waals surface area contributed by atoms with E-state index < -0.39 is 5.91 Å². The van der Waals surface area contributed by atoms with Gasteiger partial charge in [0.1, 0.15) is 17.6 Å². The second kappa shape index (κ2) is 11.9. The van der Waals surface area contributed by atoms with Gasteiger partial charge in [-0.15, -0.1) is 0 Å². The predicted molar refractivity (Wildman–Crippen MR) is 167 cm³/mol. The molecule has 0 heterocycles. The van der Waals surface area contributed by atoms with Crippen LogP contribution in [-0.2, 0) is 16.0 Å². The summed E-state index contributed by atoms with van der Waals surface area (Å²) in [6, 6.07) is 9.22. The van der Waals surface area contributed by atoms with Gasteiger partial charge in [0.2, 0.25) is 0 Å². The normalized spacial score (nSPS) is 27.3. The van der Waals surface area contributed by atoms with Crippen molar-refractivity contribution in [2.75, 3.05) is 5.32 Å². The summed E-state index contributed by atoms with van der Waals surface area (Å²) < 4.78 is 6.23. The number of hydrogen-bond acceptors (Lipinski definition) is 6. The summed E-state index contributed by atoms with van der Waals surface area (Å²) >= 11 is 0. The number of rotatable bonds is 9. The number of benzene rings is 2. The summed E-state index contributed by atoms with van der Waals surface area (Å²) in [5, 5.41) is 23.6. The van der Waals surface area contributed by atoms with Gasteiger partial charge in [0.05, 0.1) is 5.56 Å². The molecule has 0 saturated heterocycles. The predicted octanol–water partition coefficient (Wildman–Crippen LogP) is 7.38. The highest BCUT2D eigenvalue weighted by molar-refractivity contribution is 5.98. The number of phenols is 2. The molecule has 3 saturated carbocycles. The number of phenolic OH excluding ortho intramolecular Hbond substituents is 1. The number of nitrogens with two attached hydrogens (primary N) is 1. The van der Waals surface area contributed by atoms with Gasteiger partial charge in [-0.3, -0.25) is 9.59 Å². The molecule has 3 fully saturated rings. The van der Waals surface area contributed by atoms with Crippen LogP contribution in [0.15, 0.2) is 41.6 Å². The Morgan fingerprint density at radius 3 is 2.56 bits per heavy atom. The number of carbonyl (C=O) groups excluding carboxylic acids is 2. The quantitative estimate of drug-likeness (QED) is 0.138. The molecule has 7 nitrogen and oxygen atoms in total. The van der Waals surface area contributed by atoms with Crippen molar-refractivity contribution in [2.24, 2.45) is 23.0 Å². The van der Waals surface area contributed by atoms with Crippen molar-refractivity contribution in [3.8, 4) is 11.5 Å². The number of anilines is 1. The molecule has 5 unspecified atom stereocenters. The minimum atomic E-state index is -0.643. The maximum atomic E-state index is 13.1. The molecule has 1 amide bonds. The molecule has 0 spiro atoms. The molecule has 4 aliphatic rings. The van der Waals surface area contributed by atoms with Crippen LogP contribution in [0.4, 0.5) is 5.69 Å². The lowest BCUT2D eigenvalue weighted by atomic mass is 9.55. The molecule has 5 N–H and O–H groups in total. The number of carbonyl (C=O) groups is 2. The molecule has 4 aliphatic carbocycles. The van der Waals surface area contributed by atoms with Crippen molar-refractivity contribution in [2.45, 2.75) is 109 Å². The molecular formula is C36H46N2O5. The molecule has 0 radical (unpaired) electrons. The van der Waals surface area contributed by atoms with E-state index in [4.69, 9.17) is 10.5 Å². The number of amides is 1. The van der Waals surface area contributed by atoms with E-state index >= 15 is 0 Å². The third-order valence-corrected chi connectivity index (χ3v) is 11.3. The summed E-state index contributed by atoms with van der Waals surface area (Å²) in [5.74, 6) is 1.29. The summed E-state index contributed by atoms with van der Waals surface area (Å²) in [6.45, 7) is 4.16. The number of unbranched alkanes of at least 4 members (excludes halogenated alkanes) is 1. The fourth-order valence-corrected chi connectivity index (χ4v) is 8.79. The number of fused-ring (bicyclic) bond motifs is 5. The monoisotopic (exact) mass is 586 g/mol. The van der Waals surface area contributed by atoms with Gasteiger partial charge >= 0.3 is 5.97 Å². The minimum absolute atomic E-state index is 0.00147. The Bertz CT molecular complexity index is 1440. The first-order valence-electron chi connectivity index (χ1n) is 16.3. The number of allylic oxidation sites excluding steroid dienone is 2. The standard InChI is InChI=1S/C36H46N2O5/c1-21-29(15-16-31(40)34(21)35(37)42)38-30(22-6-5-7-22)8-3-4-9-33(41)43-32-17-14-28-27-12-10-23-20-24(39)11-13-25(23)26(27)18-19-36(28,32)2/h11,13,15-16,20,26-28,32,38-40H,3-10,12,14,17-19H2,1-2H3,(H2,37,42). The lowest BCUT2D eigenvalue weighted by molar-refractivity contribution is -0.157. The molecule has 2 aromatic rings. The summed E-state index contributed by atoms with van der Waals surface area (Å²) in [4.78, 5) is 24.9. The van der Waals surface area contributed by atoms with Crippen LogP contribution in [-0.4, -0.2) is 28.2 Å². The Morgan fingerprint density at radius 1 is 1.02 bits per heavy atom. The number of aryl methyl sites for hydroxylation is 1. The van der Waals surface area contributed by atoms with Gasteiger partial charge in [-0.1, -0.05) is 18.6 Å². The second-order valence-electron chi connectivity index (χ2n) is 13.7. The van der Waals surface area contributed by atoms with Crippen LogP contribution in [0.1, 0.15) is 117 Å². The number of nitrogens with one attached hydrogen (secondary N) is 1. The highest BCUT2D eigenvalue weighted by Crippen LogP contribution is 2.61. The van der Waals surface area contributed by atoms with Crippen LogP contribution >= 0.6 is 0 Å². The van der Waals surface area contributed by atoms with Crippen LogP contribution in [0.3, 0.4) is 0 Å². The molecule has 5 atom stereocenters. The van der Waals surface area contributed by atoms with E-state index in [1.807, 2.05) is 12.1 Å². The second-order valence-corrected chi connectivity index (χ2v) is 13.7. The fourth-order valence-electron chi connectivity index (χ4n) is 8.79. The molecule has 43 heavy (non-hydrogen) atoms. The first-order valence-corrected chi connectivity index (χ1v) is 16.3. The van der Waals surface area contributed by atoms with E-state index in [1.54, 1.807) is 13.0 Å². The van der Waals surface area contributed by atoms with Crippen molar-refractivity contribution in [3.63, 3.8) is 0 Å². The molecule has 230 valence electrons. The van der Waals surface area contributed by atoms with Crippen LogP contribution in [0.2, 0.25) is 0 Å². The lowest BCUT2D eigenvalue weighted by Crippen LogP contribution is -2.45. The van der Waals surface area contributed by atoms with Crippen LogP contribution in [0, 0.1) is 24.2 Å². The highest BCUT2D eigenvalue weighted by Gasteiger charge is 2.56. The number of ether oxygens (including phenoxy) is 1. The summed E-state index contributed by atoms with van der Waals surface area (Å²) in [6.07, 6.45) is 12.6. The van der Waals surface area contributed by atoms with Gasteiger partial charge in [0.25, 0.3) is 5.91 Å². The van der Waals surface area contributed by atoms with Gasteiger partial charge in [-0.05, 0) is 143 Å². The van der Waals surface area contributed by atoms with E-state index in [0.717, 1.165) is 82.0 Å². The van der Waals surface area contributed by atoms with Gasteiger partial charge in [-0.25, -0.2) is 0 Å². The average Bonchev–Trinajstić information content (AvgIpc) is 3.26.